The SMILES string of the molecule is CCN(CC)C(=O)c1cccc2c(=O)c(C)c(-c3ccc(C)cc3C)oc12. The second-order valence-electron chi connectivity index (χ2n) is 6.86. The molecule has 3 aromatic rings. The molecule has 27 heavy (non-hydrogen) atoms. The van der Waals surface area contributed by atoms with Crippen LogP contribution < -0.4 is 5.43 Å². The van der Waals surface area contributed by atoms with Gasteiger partial charge < -0.3 is 9.32 Å². The predicted octanol–water partition coefficient (Wildman–Crippen LogP) is 4.87. The Bertz CT molecular complexity index is 1070. The summed E-state index contributed by atoms with van der Waals surface area (Å²) in [6, 6.07) is 11.2. The third-order valence-corrected chi connectivity index (χ3v) is 5.05. The molecule has 0 bridgehead atoms. The zero-order chi connectivity index (χ0) is 19.7. The van der Waals surface area contributed by atoms with E-state index in [1.807, 2.05) is 39.8 Å². The summed E-state index contributed by atoms with van der Waals surface area (Å²) in [5.41, 5.74) is 4.31. The van der Waals surface area contributed by atoms with Crippen molar-refractivity contribution >= 4 is 16.9 Å². The summed E-state index contributed by atoms with van der Waals surface area (Å²) in [6.07, 6.45) is 0. The van der Waals surface area contributed by atoms with Crippen molar-refractivity contribution in [1.82, 2.24) is 4.90 Å². The highest BCUT2D eigenvalue weighted by Crippen LogP contribution is 2.30. The van der Waals surface area contributed by atoms with Gasteiger partial charge >= 0.3 is 0 Å². The largest absolute Gasteiger partial charge is 0.455 e. The number of hydrogen-bond acceptors (Lipinski definition) is 3. The second-order valence-corrected chi connectivity index (χ2v) is 6.86. The number of carbonyl (C=O) groups excluding carboxylic acids is 1. The molecule has 0 spiro atoms. The highest BCUT2D eigenvalue weighted by Gasteiger charge is 2.21. The number of para-hydroxylation sites is 1. The van der Waals surface area contributed by atoms with Crippen LogP contribution in [0.3, 0.4) is 0 Å². The van der Waals surface area contributed by atoms with Crippen LogP contribution in [0.15, 0.2) is 45.6 Å². The summed E-state index contributed by atoms with van der Waals surface area (Å²) >= 11 is 0. The molecule has 4 heteroatoms. The normalized spacial score (nSPS) is 11.0. The van der Waals surface area contributed by atoms with Crippen LogP contribution in [-0.2, 0) is 0 Å². The van der Waals surface area contributed by atoms with Gasteiger partial charge in [-0.1, -0.05) is 29.8 Å². The van der Waals surface area contributed by atoms with E-state index in [1.165, 1.54) is 0 Å². The van der Waals surface area contributed by atoms with Gasteiger partial charge in [-0.2, -0.15) is 0 Å². The van der Waals surface area contributed by atoms with Crippen LogP contribution in [0.25, 0.3) is 22.3 Å². The number of hydrogen-bond donors (Lipinski definition) is 0. The van der Waals surface area contributed by atoms with E-state index in [-0.39, 0.29) is 11.3 Å². The molecule has 0 aliphatic heterocycles. The van der Waals surface area contributed by atoms with Crippen LogP contribution >= 0.6 is 0 Å². The van der Waals surface area contributed by atoms with Crippen molar-refractivity contribution in [2.75, 3.05) is 13.1 Å². The lowest BCUT2D eigenvalue weighted by Crippen LogP contribution is -2.30. The van der Waals surface area contributed by atoms with Crippen molar-refractivity contribution in [3.05, 3.63) is 68.9 Å². The molecule has 0 radical (unpaired) electrons. The molecule has 4 nitrogen and oxygen atoms in total. The van der Waals surface area contributed by atoms with E-state index in [0.29, 0.717) is 40.9 Å². The fraction of sp³-hybridized carbons (Fsp3) is 0.304. The molecule has 0 saturated heterocycles. The minimum absolute atomic E-state index is 0.0968. The lowest BCUT2D eigenvalue weighted by molar-refractivity contribution is 0.0774. The van der Waals surface area contributed by atoms with Gasteiger partial charge in [0, 0.05) is 24.2 Å². The van der Waals surface area contributed by atoms with Crippen LogP contribution in [0.5, 0.6) is 0 Å². The second kappa shape index (κ2) is 7.39. The van der Waals surface area contributed by atoms with Crippen molar-refractivity contribution < 1.29 is 9.21 Å². The van der Waals surface area contributed by atoms with Gasteiger partial charge in [-0.25, -0.2) is 0 Å². The van der Waals surface area contributed by atoms with Crippen molar-refractivity contribution in [2.24, 2.45) is 0 Å². The summed E-state index contributed by atoms with van der Waals surface area (Å²) in [5.74, 6) is 0.411. The number of aryl methyl sites for hydroxylation is 2. The number of rotatable bonds is 4. The first kappa shape index (κ1) is 18.9. The van der Waals surface area contributed by atoms with Gasteiger partial charge in [0.1, 0.15) is 5.76 Å². The average molecular weight is 363 g/mol. The summed E-state index contributed by atoms with van der Waals surface area (Å²) in [4.78, 5) is 27.7. The standard InChI is InChI=1S/C23H25NO3/c1-6-24(7-2)23(26)19-10-8-9-18-20(25)16(5)21(27-22(18)19)17-12-11-14(3)13-15(17)4/h8-13H,6-7H2,1-5H3. The highest BCUT2D eigenvalue weighted by molar-refractivity contribution is 6.05. The lowest BCUT2D eigenvalue weighted by atomic mass is 9.99. The smallest absolute Gasteiger partial charge is 0.257 e. The van der Waals surface area contributed by atoms with Gasteiger partial charge in [0.2, 0.25) is 0 Å². The maximum atomic E-state index is 13.0. The van der Waals surface area contributed by atoms with E-state index in [4.69, 9.17) is 4.42 Å². The Hall–Kier alpha value is -2.88. The summed E-state index contributed by atoms with van der Waals surface area (Å²) in [5, 5.41) is 0.444. The van der Waals surface area contributed by atoms with E-state index in [2.05, 4.69) is 6.07 Å². The first-order chi connectivity index (χ1) is 12.9. The van der Waals surface area contributed by atoms with E-state index < -0.39 is 0 Å². The minimum atomic E-state index is -0.121. The molecule has 2 aromatic carbocycles. The van der Waals surface area contributed by atoms with E-state index >= 15 is 0 Å². The Balaban J connectivity index is 2.32. The molecule has 140 valence electrons. The number of nitrogens with zero attached hydrogens (tertiary/aromatic N) is 1. The van der Waals surface area contributed by atoms with Gasteiger partial charge in [-0.15, -0.1) is 0 Å². The quantitative estimate of drug-likeness (QED) is 0.665. The topological polar surface area (TPSA) is 50.5 Å². The number of fused-ring (bicyclic) bond motifs is 1. The molecule has 1 aromatic heterocycles. The number of benzene rings is 2. The average Bonchev–Trinajstić information content (AvgIpc) is 2.65. The Morgan fingerprint density at radius 3 is 2.37 bits per heavy atom. The molecule has 0 N–H and O–H groups in total. The molecule has 0 unspecified atom stereocenters. The van der Waals surface area contributed by atoms with Gasteiger partial charge in [0.05, 0.1) is 10.9 Å². The van der Waals surface area contributed by atoms with Crippen LogP contribution in [-0.4, -0.2) is 23.9 Å². The maximum Gasteiger partial charge on any atom is 0.257 e. The van der Waals surface area contributed by atoms with E-state index in [9.17, 15) is 9.59 Å². The van der Waals surface area contributed by atoms with Gasteiger partial charge in [0.25, 0.3) is 5.91 Å². The third kappa shape index (κ3) is 3.27. The summed E-state index contributed by atoms with van der Waals surface area (Å²) in [6.45, 7) is 10.9. The van der Waals surface area contributed by atoms with Gasteiger partial charge in [-0.3, -0.25) is 9.59 Å². The first-order valence-electron chi connectivity index (χ1n) is 9.32. The Kier molecular flexibility index (Phi) is 5.17. The monoisotopic (exact) mass is 363 g/mol. The Morgan fingerprint density at radius 1 is 1.04 bits per heavy atom. The Labute approximate surface area is 159 Å². The summed E-state index contributed by atoms with van der Waals surface area (Å²) < 4.78 is 6.22. The molecule has 0 atom stereocenters. The lowest BCUT2D eigenvalue weighted by Gasteiger charge is -2.19. The van der Waals surface area contributed by atoms with Crippen LogP contribution in [0.1, 0.15) is 40.9 Å². The molecule has 3 rings (SSSR count). The Morgan fingerprint density at radius 2 is 1.74 bits per heavy atom. The van der Waals surface area contributed by atoms with Crippen molar-refractivity contribution in [2.45, 2.75) is 34.6 Å². The summed E-state index contributed by atoms with van der Waals surface area (Å²) in [7, 11) is 0. The zero-order valence-corrected chi connectivity index (χ0v) is 16.6. The van der Waals surface area contributed by atoms with Crippen LogP contribution in [0.4, 0.5) is 0 Å². The van der Waals surface area contributed by atoms with Crippen LogP contribution in [0, 0.1) is 20.8 Å². The zero-order valence-electron chi connectivity index (χ0n) is 16.6. The highest BCUT2D eigenvalue weighted by atomic mass is 16.3. The van der Waals surface area contributed by atoms with Crippen LogP contribution in [0.2, 0.25) is 0 Å². The van der Waals surface area contributed by atoms with Crippen molar-refractivity contribution in [1.29, 1.82) is 0 Å². The molecular formula is C23H25NO3. The number of carbonyl (C=O) groups is 1. The molecule has 1 heterocycles. The first-order valence-corrected chi connectivity index (χ1v) is 9.32. The van der Waals surface area contributed by atoms with E-state index in [0.717, 1.165) is 16.7 Å². The van der Waals surface area contributed by atoms with Crippen molar-refractivity contribution in [3.63, 3.8) is 0 Å². The van der Waals surface area contributed by atoms with Gasteiger partial charge in [0.15, 0.2) is 11.0 Å². The fourth-order valence-corrected chi connectivity index (χ4v) is 3.48. The predicted molar refractivity (Wildman–Crippen MR) is 109 cm³/mol. The molecule has 0 saturated carbocycles. The van der Waals surface area contributed by atoms with E-state index in [1.54, 1.807) is 30.0 Å². The molecular weight excluding hydrogens is 338 g/mol. The fourth-order valence-electron chi connectivity index (χ4n) is 3.48. The van der Waals surface area contributed by atoms with Crippen molar-refractivity contribution in [3.8, 4) is 11.3 Å². The molecule has 0 fully saturated rings. The number of amides is 1. The molecule has 1 amide bonds. The molecule has 0 aliphatic rings. The maximum absolute atomic E-state index is 13.0. The minimum Gasteiger partial charge on any atom is -0.455 e. The molecule has 0 aliphatic carbocycles. The van der Waals surface area contributed by atoms with Gasteiger partial charge in [-0.05, 0) is 52.3 Å². The third-order valence-electron chi connectivity index (χ3n) is 5.05.